The Morgan fingerprint density at radius 2 is 1.37 bits per heavy atom. The molecular formula is C28H38O13. The molecule has 228 valence electrons. The maximum absolute atomic E-state index is 13.1. The van der Waals surface area contributed by atoms with Crippen molar-refractivity contribution in [2.45, 2.75) is 116 Å². The molecule has 2 heterocycles. The van der Waals surface area contributed by atoms with E-state index < -0.39 is 101 Å². The second kappa shape index (κ2) is 10.4. The first kappa shape index (κ1) is 30.9. The maximum atomic E-state index is 13.1. The molecule has 13 heteroatoms. The summed E-state index contributed by atoms with van der Waals surface area (Å²) < 4.78 is 34.9. The molecule has 4 rings (SSSR count). The molecule has 0 amide bonds. The van der Waals surface area contributed by atoms with E-state index in [-0.39, 0.29) is 6.42 Å². The molecule has 13 nitrogen and oxygen atoms in total. The van der Waals surface area contributed by atoms with Crippen LogP contribution >= 0.6 is 0 Å². The summed E-state index contributed by atoms with van der Waals surface area (Å²) in [4.78, 5) is 63.0. The van der Waals surface area contributed by atoms with Crippen LogP contribution in [0.5, 0.6) is 0 Å². The third kappa shape index (κ3) is 4.71. The Morgan fingerprint density at radius 3 is 1.88 bits per heavy atom. The van der Waals surface area contributed by atoms with E-state index in [2.05, 4.69) is 0 Å². The predicted molar refractivity (Wildman–Crippen MR) is 135 cm³/mol. The molecule has 0 aromatic rings. The molecule has 0 aromatic heterocycles. The molecule has 2 aliphatic carbocycles. The van der Waals surface area contributed by atoms with Crippen LogP contribution in [-0.4, -0.2) is 94.0 Å². The zero-order valence-electron chi connectivity index (χ0n) is 24.4. The molecule has 0 aromatic carbocycles. The Hall–Kier alpha value is -3.03. The van der Waals surface area contributed by atoms with Crippen molar-refractivity contribution in [3.8, 4) is 0 Å². The lowest BCUT2D eigenvalue weighted by molar-refractivity contribution is -0.270. The number of aliphatic hydroxyl groups is 2. The first-order chi connectivity index (χ1) is 18.9. The fourth-order valence-corrected chi connectivity index (χ4v) is 7.42. The Bertz CT molecular complexity index is 1180. The minimum Gasteiger partial charge on any atom is -0.459 e. The van der Waals surface area contributed by atoms with Crippen molar-refractivity contribution in [2.24, 2.45) is 17.3 Å². The number of epoxide rings is 1. The molecule has 2 saturated heterocycles. The first-order valence-electron chi connectivity index (χ1n) is 13.5. The summed E-state index contributed by atoms with van der Waals surface area (Å²) in [6.45, 7) is 10.9. The highest BCUT2D eigenvalue weighted by Gasteiger charge is 2.87. The van der Waals surface area contributed by atoms with Gasteiger partial charge in [0.25, 0.3) is 0 Å². The Morgan fingerprint density at radius 1 is 0.854 bits per heavy atom. The Balaban J connectivity index is 2.09. The average molecular weight is 583 g/mol. The van der Waals surface area contributed by atoms with E-state index in [1.54, 1.807) is 26.8 Å². The summed E-state index contributed by atoms with van der Waals surface area (Å²) in [7, 11) is 0. The number of ether oxygens (including phenoxy) is 6. The molecule has 2 aliphatic heterocycles. The highest BCUT2D eigenvalue weighted by molar-refractivity contribution is 5.89. The van der Waals surface area contributed by atoms with Crippen molar-refractivity contribution in [1.82, 2.24) is 0 Å². The van der Waals surface area contributed by atoms with Crippen LogP contribution in [0.25, 0.3) is 0 Å². The van der Waals surface area contributed by atoms with Gasteiger partial charge in [-0.15, -0.1) is 0 Å². The van der Waals surface area contributed by atoms with Gasteiger partial charge < -0.3 is 38.6 Å². The van der Waals surface area contributed by atoms with E-state index >= 15 is 0 Å². The lowest BCUT2D eigenvalue weighted by atomic mass is 9.52. The molecule has 0 radical (unpaired) electrons. The zero-order valence-corrected chi connectivity index (χ0v) is 24.4. The van der Waals surface area contributed by atoms with Gasteiger partial charge in [-0.2, -0.15) is 0 Å². The van der Waals surface area contributed by atoms with E-state index in [0.29, 0.717) is 5.57 Å². The second-order valence-corrected chi connectivity index (χ2v) is 11.9. The largest absolute Gasteiger partial charge is 0.459 e. The summed E-state index contributed by atoms with van der Waals surface area (Å²) in [5.41, 5.74) is -4.26. The first-order valence-corrected chi connectivity index (χ1v) is 13.5. The smallest absolute Gasteiger partial charge is 0.342 e. The number of carbonyl (C=O) groups excluding carboxylic acids is 5. The van der Waals surface area contributed by atoms with Gasteiger partial charge in [0.05, 0.1) is 11.5 Å². The number of carbonyl (C=O) groups is 5. The molecule has 2 N–H and O–H groups in total. The number of esters is 5. The van der Waals surface area contributed by atoms with Crippen LogP contribution in [0.15, 0.2) is 11.6 Å². The van der Waals surface area contributed by atoms with Gasteiger partial charge in [-0.05, 0) is 25.8 Å². The van der Waals surface area contributed by atoms with E-state index in [1.807, 2.05) is 0 Å². The van der Waals surface area contributed by atoms with Crippen molar-refractivity contribution in [1.29, 1.82) is 0 Å². The van der Waals surface area contributed by atoms with Gasteiger partial charge in [-0.1, -0.05) is 19.4 Å². The summed E-state index contributed by atoms with van der Waals surface area (Å²) in [6, 6.07) is 0. The topological polar surface area (TPSA) is 184 Å². The number of aliphatic hydroxyl groups excluding tert-OH is 2. The number of fused-ring (bicyclic) bond motifs is 1. The van der Waals surface area contributed by atoms with Crippen LogP contribution in [-0.2, 0) is 52.4 Å². The molecule has 12 atom stereocenters. The van der Waals surface area contributed by atoms with Gasteiger partial charge in [0.15, 0.2) is 17.3 Å². The van der Waals surface area contributed by atoms with Gasteiger partial charge in [-0.3, -0.25) is 19.2 Å². The number of hydrogen-bond acceptors (Lipinski definition) is 13. The lowest BCUT2D eigenvalue weighted by Gasteiger charge is -2.58. The molecule has 1 saturated carbocycles. The third-order valence-electron chi connectivity index (χ3n) is 9.07. The lowest BCUT2D eigenvalue weighted by Crippen LogP contribution is -2.72. The molecule has 41 heavy (non-hydrogen) atoms. The van der Waals surface area contributed by atoms with Gasteiger partial charge >= 0.3 is 29.8 Å². The highest BCUT2D eigenvalue weighted by Crippen LogP contribution is 2.66. The molecule has 0 bridgehead atoms. The zero-order chi connectivity index (χ0) is 30.8. The van der Waals surface area contributed by atoms with Crippen molar-refractivity contribution in [3.63, 3.8) is 0 Å². The van der Waals surface area contributed by atoms with Gasteiger partial charge in [0, 0.05) is 40.0 Å². The Labute approximate surface area is 237 Å². The Kier molecular flexibility index (Phi) is 7.81. The van der Waals surface area contributed by atoms with Gasteiger partial charge in [0.1, 0.15) is 30.5 Å². The van der Waals surface area contributed by atoms with Crippen LogP contribution < -0.4 is 0 Å². The van der Waals surface area contributed by atoms with Crippen molar-refractivity contribution >= 4 is 29.8 Å². The number of rotatable bonds is 4. The van der Waals surface area contributed by atoms with E-state index in [9.17, 15) is 34.2 Å². The minimum absolute atomic E-state index is 0.0151. The summed E-state index contributed by atoms with van der Waals surface area (Å²) >= 11 is 0. The summed E-state index contributed by atoms with van der Waals surface area (Å²) in [5.74, 6) is -5.80. The molecule has 1 unspecified atom stereocenters. The molecule has 3 fully saturated rings. The van der Waals surface area contributed by atoms with Crippen molar-refractivity contribution in [3.05, 3.63) is 11.6 Å². The quantitative estimate of drug-likeness (QED) is 0.202. The normalized spacial score (nSPS) is 46.2. The SMILES string of the molecule is CC(=O)OC1C/C(C)=C\[C@@H]2OC(=O)[C@]3(C)O[C@]23[C@@H](OC(C)=O)[C@H]2[C@@H](C)[C@@H](O)[C@@H](O)[C@H](OC(C)=O)[C@]2(C)[C@H]1OC(C)=O. The average Bonchev–Trinajstić information content (AvgIpc) is 3.43. The predicted octanol–water partition coefficient (Wildman–Crippen LogP) is 0.510. The van der Waals surface area contributed by atoms with Crippen LogP contribution in [0.3, 0.4) is 0 Å². The second-order valence-electron chi connectivity index (χ2n) is 11.9. The van der Waals surface area contributed by atoms with Gasteiger partial charge in [-0.25, -0.2) is 4.79 Å². The monoisotopic (exact) mass is 582 g/mol. The number of hydrogen-bond donors (Lipinski definition) is 2. The molecule has 1 spiro atoms. The third-order valence-corrected chi connectivity index (χ3v) is 9.07. The van der Waals surface area contributed by atoms with Gasteiger partial charge in [0.2, 0.25) is 0 Å². The van der Waals surface area contributed by atoms with Crippen LogP contribution in [0, 0.1) is 17.3 Å². The standard InChI is InChI=1S/C28H38O13/c1-11-9-17(36-13(3)29)22(37-14(4)30)26(7)19(12(2)20(33)21(34)24(26)39-16(6)32)23(38-15(5)31)28-18(10-11)40-25(35)27(28,8)41-28/h10,12,17-24,33-34H,9H2,1-8H3/b11-10-/t12-,17?,18+,19-,20-,21-,22+,23+,24+,26+,27+,28+/m1/s1. The highest BCUT2D eigenvalue weighted by atomic mass is 16.7. The molecule has 4 aliphatic rings. The summed E-state index contributed by atoms with van der Waals surface area (Å²) in [5, 5.41) is 22.6. The summed E-state index contributed by atoms with van der Waals surface area (Å²) in [6.07, 6.45) is -8.19. The van der Waals surface area contributed by atoms with E-state index in [1.165, 1.54) is 13.8 Å². The van der Waals surface area contributed by atoms with E-state index in [4.69, 9.17) is 28.4 Å². The van der Waals surface area contributed by atoms with Crippen LogP contribution in [0.2, 0.25) is 0 Å². The van der Waals surface area contributed by atoms with Crippen LogP contribution in [0.4, 0.5) is 0 Å². The van der Waals surface area contributed by atoms with Crippen molar-refractivity contribution in [2.75, 3.05) is 0 Å². The fourth-order valence-electron chi connectivity index (χ4n) is 7.42. The van der Waals surface area contributed by atoms with E-state index in [0.717, 1.165) is 20.8 Å². The minimum atomic E-state index is -1.70. The van der Waals surface area contributed by atoms with Crippen LogP contribution in [0.1, 0.15) is 61.8 Å². The van der Waals surface area contributed by atoms with Crippen molar-refractivity contribution < 1.29 is 62.6 Å². The fraction of sp³-hybridized carbons (Fsp3) is 0.750. The maximum Gasteiger partial charge on any atom is 0.342 e. The molecular weight excluding hydrogens is 544 g/mol.